The summed E-state index contributed by atoms with van der Waals surface area (Å²) in [6, 6.07) is 17.8. The first kappa shape index (κ1) is 23.1. The molecule has 6 nitrogen and oxygen atoms in total. The maximum absolute atomic E-state index is 12.6. The van der Waals surface area contributed by atoms with E-state index in [0.717, 1.165) is 22.4 Å². The fourth-order valence-electron chi connectivity index (χ4n) is 3.61. The van der Waals surface area contributed by atoms with Crippen molar-refractivity contribution >= 4 is 35.2 Å². The molecule has 34 heavy (non-hydrogen) atoms. The number of hydrogen-bond acceptors (Lipinski definition) is 4. The van der Waals surface area contributed by atoms with Crippen molar-refractivity contribution in [3.05, 3.63) is 105 Å². The zero-order valence-electron chi connectivity index (χ0n) is 18.6. The fraction of sp³-hybridized carbons (Fsp3) is 0.111. The average molecular weight is 472 g/mol. The first-order valence-corrected chi connectivity index (χ1v) is 11.0. The Balaban J connectivity index is 1.49. The number of fused-ring (bicyclic) bond motifs is 1. The van der Waals surface area contributed by atoms with Gasteiger partial charge < -0.3 is 0 Å². The molecule has 0 atom stereocenters. The lowest BCUT2D eigenvalue weighted by molar-refractivity contribution is 0.0846. The van der Waals surface area contributed by atoms with Crippen LogP contribution >= 0.6 is 11.6 Å². The molecule has 2 amide bonds. The largest absolute Gasteiger partial charge is 0.288 e. The Hall–Kier alpha value is -4.05. The second-order valence-electron chi connectivity index (χ2n) is 7.91. The van der Waals surface area contributed by atoms with Crippen LogP contribution in [0.5, 0.6) is 0 Å². The summed E-state index contributed by atoms with van der Waals surface area (Å²) in [7, 11) is 0. The van der Waals surface area contributed by atoms with Gasteiger partial charge in [0.2, 0.25) is 0 Å². The fourth-order valence-corrected chi connectivity index (χ4v) is 3.92. The number of anilines is 1. The molecule has 3 N–H and O–H groups in total. The van der Waals surface area contributed by atoms with Crippen molar-refractivity contribution in [3.8, 4) is 11.8 Å². The molecule has 0 aromatic heterocycles. The van der Waals surface area contributed by atoms with Crippen molar-refractivity contribution in [1.29, 1.82) is 0 Å². The van der Waals surface area contributed by atoms with Crippen molar-refractivity contribution in [2.24, 2.45) is 0 Å². The highest BCUT2D eigenvalue weighted by atomic mass is 35.5. The number of nitrogens with one attached hydrogen (secondary N) is 2. The third-order valence-electron chi connectivity index (χ3n) is 5.46. The molecule has 0 bridgehead atoms. The molecule has 0 unspecified atom stereocenters. The summed E-state index contributed by atoms with van der Waals surface area (Å²) in [6.45, 7) is 3.94. The molecule has 0 saturated heterocycles. The van der Waals surface area contributed by atoms with Gasteiger partial charge in [-0.3, -0.25) is 30.7 Å². The van der Waals surface area contributed by atoms with Gasteiger partial charge in [-0.2, -0.15) is 0 Å². The molecule has 3 aromatic carbocycles. The molecule has 3 aromatic rings. The highest BCUT2D eigenvalue weighted by Crippen LogP contribution is 2.26. The van der Waals surface area contributed by atoms with Gasteiger partial charge in [0, 0.05) is 22.3 Å². The number of halogens is 1. The van der Waals surface area contributed by atoms with Crippen LogP contribution in [0.2, 0.25) is 5.02 Å². The van der Waals surface area contributed by atoms with Gasteiger partial charge in [-0.1, -0.05) is 59.8 Å². The molecular formula is C27H22ClN3O3. The number of rotatable bonds is 2. The molecule has 7 heteroatoms. The Kier molecular flexibility index (Phi) is 6.69. The number of para-hydroxylation sites is 1. The van der Waals surface area contributed by atoms with Gasteiger partial charge in [0.05, 0.1) is 22.8 Å². The lowest BCUT2D eigenvalue weighted by atomic mass is 10.0. The monoisotopic (exact) mass is 471 g/mol. The number of hydrogen-bond donors (Lipinski definition) is 3. The first-order valence-electron chi connectivity index (χ1n) is 10.6. The Morgan fingerprint density at radius 1 is 0.941 bits per heavy atom. The molecule has 4 rings (SSSR count). The highest BCUT2D eigenvalue weighted by molar-refractivity contribution is 6.34. The predicted molar refractivity (Wildman–Crippen MR) is 133 cm³/mol. The number of nitrogens with zero attached hydrogens (tertiary/aromatic N) is 1. The Labute approximate surface area is 202 Å². The number of carbonyl (C=O) groups is 2. The maximum atomic E-state index is 12.6. The SMILES string of the molecule is Cc1ccc(C(=O)NNC(=O)c2c(C)cccc2Cl)cc1C#CC1=Cc2ccccc2N(O)C1. The van der Waals surface area contributed by atoms with E-state index in [1.807, 2.05) is 37.3 Å². The maximum Gasteiger partial charge on any atom is 0.271 e. The zero-order valence-corrected chi connectivity index (χ0v) is 19.4. The van der Waals surface area contributed by atoms with Crippen LogP contribution in [0.1, 0.15) is 43.0 Å². The van der Waals surface area contributed by atoms with Crippen LogP contribution in [0.4, 0.5) is 5.69 Å². The number of amides is 2. The predicted octanol–water partition coefficient (Wildman–Crippen LogP) is 4.68. The van der Waals surface area contributed by atoms with Gasteiger partial charge in [0.1, 0.15) is 0 Å². The quantitative estimate of drug-likeness (QED) is 0.374. The summed E-state index contributed by atoms with van der Waals surface area (Å²) in [5, 5.41) is 11.7. The molecular weight excluding hydrogens is 450 g/mol. The molecule has 0 aliphatic carbocycles. The molecule has 1 aliphatic rings. The number of hydroxylamine groups is 1. The topological polar surface area (TPSA) is 81.7 Å². The smallest absolute Gasteiger partial charge is 0.271 e. The van der Waals surface area contributed by atoms with Crippen molar-refractivity contribution in [1.82, 2.24) is 10.9 Å². The van der Waals surface area contributed by atoms with E-state index in [9.17, 15) is 14.8 Å². The number of hydrazine groups is 1. The minimum Gasteiger partial charge on any atom is -0.288 e. The Morgan fingerprint density at radius 3 is 2.50 bits per heavy atom. The normalized spacial score (nSPS) is 12.1. The lowest BCUT2D eigenvalue weighted by Crippen LogP contribution is -2.42. The van der Waals surface area contributed by atoms with Crippen molar-refractivity contribution in [3.63, 3.8) is 0 Å². The van der Waals surface area contributed by atoms with E-state index in [4.69, 9.17) is 11.6 Å². The van der Waals surface area contributed by atoms with Gasteiger partial charge in [-0.05, 0) is 55.3 Å². The zero-order chi connectivity index (χ0) is 24.2. The second kappa shape index (κ2) is 9.84. The summed E-state index contributed by atoms with van der Waals surface area (Å²) < 4.78 is 0. The van der Waals surface area contributed by atoms with Gasteiger partial charge in [0.15, 0.2) is 0 Å². The van der Waals surface area contributed by atoms with Crippen molar-refractivity contribution in [2.45, 2.75) is 13.8 Å². The molecule has 1 aliphatic heterocycles. The van der Waals surface area contributed by atoms with E-state index in [2.05, 4.69) is 22.7 Å². The van der Waals surface area contributed by atoms with Crippen LogP contribution in [0, 0.1) is 25.7 Å². The van der Waals surface area contributed by atoms with Gasteiger partial charge in [0.25, 0.3) is 11.8 Å². The minimum atomic E-state index is -0.498. The molecule has 0 radical (unpaired) electrons. The van der Waals surface area contributed by atoms with Crippen LogP contribution in [-0.4, -0.2) is 23.6 Å². The number of benzene rings is 3. The summed E-state index contributed by atoms with van der Waals surface area (Å²) in [4.78, 5) is 25.1. The lowest BCUT2D eigenvalue weighted by Gasteiger charge is -2.23. The van der Waals surface area contributed by atoms with E-state index >= 15 is 0 Å². The molecule has 0 spiro atoms. The van der Waals surface area contributed by atoms with Crippen LogP contribution in [0.3, 0.4) is 0 Å². The van der Waals surface area contributed by atoms with Crippen LogP contribution in [-0.2, 0) is 0 Å². The van der Waals surface area contributed by atoms with Crippen LogP contribution in [0.15, 0.2) is 66.2 Å². The van der Waals surface area contributed by atoms with Gasteiger partial charge in [-0.25, -0.2) is 0 Å². The summed E-state index contributed by atoms with van der Waals surface area (Å²) in [5.41, 5.74) is 10.1. The van der Waals surface area contributed by atoms with E-state index < -0.39 is 11.8 Å². The highest BCUT2D eigenvalue weighted by Gasteiger charge is 2.16. The van der Waals surface area contributed by atoms with E-state index in [1.165, 1.54) is 5.06 Å². The number of aryl methyl sites for hydroxylation is 2. The summed E-state index contributed by atoms with van der Waals surface area (Å²) in [6.07, 6.45) is 1.94. The minimum absolute atomic E-state index is 0.275. The second-order valence-corrected chi connectivity index (χ2v) is 8.31. The molecule has 1 heterocycles. The van der Waals surface area contributed by atoms with E-state index in [-0.39, 0.29) is 6.54 Å². The number of carbonyl (C=O) groups excluding carboxylic acids is 2. The third-order valence-corrected chi connectivity index (χ3v) is 5.78. The third kappa shape index (κ3) is 4.96. The molecule has 0 saturated carbocycles. The summed E-state index contributed by atoms with van der Waals surface area (Å²) in [5.74, 6) is 5.21. The van der Waals surface area contributed by atoms with Gasteiger partial charge in [-0.15, -0.1) is 0 Å². The average Bonchev–Trinajstić information content (AvgIpc) is 2.82. The van der Waals surface area contributed by atoms with Crippen LogP contribution in [0.25, 0.3) is 6.08 Å². The van der Waals surface area contributed by atoms with Gasteiger partial charge >= 0.3 is 0 Å². The van der Waals surface area contributed by atoms with Crippen molar-refractivity contribution in [2.75, 3.05) is 11.6 Å². The van der Waals surface area contributed by atoms with Crippen LogP contribution < -0.4 is 15.9 Å². The summed E-state index contributed by atoms with van der Waals surface area (Å²) >= 11 is 6.12. The Morgan fingerprint density at radius 2 is 1.71 bits per heavy atom. The van der Waals surface area contributed by atoms with E-state index in [0.29, 0.717) is 27.3 Å². The van der Waals surface area contributed by atoms with E-state index in [1.54, 1.807) is 43.3 Å². The standard InChI is InChI=1S/C27H22ClN3O3/c1-17-10-12-22(26(32)29-30-27(33)25-18(2)6-5-8-23(25)28)15-20(17)13-11-19-14-21-7-3-4-9-24(21)31(34)16-19/h3-10,12,14-15,34H,16H2,1-2H3,(H,29,32)(H,30,33). The first-order chi connectivity index (χ1) is 16.3. The molecule has 170 valence electrons. The Bertz CT molecular complexity index is 1370. The molecule has 0 fully saturated rings. The van der Waals surface area contributed by atoms with Crippen molar-refractivity contribution < 1.29 is 14.8 Å².